The highest BCUT2D eigenvalue weighted by atomic mass is 16.5. The number of ether oxygens (including phenoxy) is 1. The highest BCUT2D eigenvalue weighted by Gasteiger charge is 2.09. The molecule has 1 N–H and O–H groups in total. The molecule has 0 fully saturated rings. The summed E-state index contributed by atoms with van der Waals surface area (Å²) >= 11 is 0. The first-order chi connectivity index (χ1) is 10.7. The molecule has 0 aliphatic carbocycles. The fourth-order valence-electron chi connectivity index (χ4n) is 2.39. The van der Waals surface area contributed by atoms with Crippen molar-refractivity contribution in [3.05, 3.63) is 42.1 Å². The van der Waals surface area contributed by atoms with Crippen LogP contribution in [0.15, 0.2) is 36.5 Å². The number of pyridine rings is 1. The third-order valence-electron chi connectivity index (χ3n) is 3.40. The number of hydrogen-bond acceptors (Lipinski definition) is 4. The van der Waals surface area contributed by atoms with E-state index in [-0.39, 0.29) is 5.78 Å². The Morgan fingerprint density at radius 2 is 2.00 bits per heavy atom. The smallest absolute Gasteiger partial charge is 0.242 e. The highest BCUT2D eigenvalue weighted by molar-refractivity contribution is 5.85. The Morgan fingerprint density at radius 3 is 2.68 bits per heavy atom. The van der Waals surface area contributed by atoms with Crippen molar-refractivity contribution in [3.8, 4) is 17.0 Å². The molecule has 2 aromatic heterocycles. The van der Waals surface area contributed by atoms with Crippen molar-refractivity contribution in [3.63, 3.8) is 0 Å². The summed E-state index contributed by atoms with van der Waals surface area (Å²) in [5.74, 6) is 0.732. The van der Waals surface area contributed by atoms with E-state index in [1.54, 1.807) is 13.1 Å². The van der Waals surface area contributed by atoms with Gasteiger partial charge < -0.3 is 4.74 Å². The van der Waals surface area contributed by atoms with E-state index in [0.29, 0.717) is 24.6 Å². The second-order valence-electron chi connectivity index (χ2n) is 5.16. The molecule has 0 aliphatic rings. The fourth-order valence-corrected chi connectivity index (χ4v) is 2.39. The zero-order chi connectivity index (χ0) is 15.5. The van der Waals surface area contributed by atoms with Crippen molar-refractivity contribution in [2.24, 2.45) is 0 Å². The van der Waals surface area contributed by atoms with Crippen LogP contribution in [0.3, 0.4) is 0 Å². The monoisotopic (exact) mass is 295 g/mol. The number of carbonyl (C=O) groups is 1. The van der Waals surface area contributed by atoms with Gasteiger partial charge in [0.05, 0.1) is 12.0 Å². The standard InChI is InChI=1S/C17H17N3O2/c1-3-22-17-15-9-14(10-18-16(15)19-20-17)13-6-4-12(5-7-13)8-11(2)21/h4-7,9-10H,3,8H2,1-2H3,(H,18,19,20). The number of ketones is 1. The van der Waals surface area contributed by atoms with Crippen molar-refractivity contribution in [2.75, 3.05) is 6.61 Å². The molecule has 3 aromatic rings. The molecule has 5 nitrogen and oxygen atoms in total. The van der Waals surface area contributed by atoms with Gasteiger partial charge in [0.2, 0.25) is 5.88 Å². The Balaban J connectivity index is 1.95. The van der Waals surface area contributed by atoms with Gasteiger partial charge >= 0.3 is 0 Å². The van der Waals surface area contributed by atoms with Crippen LogP contribution in [0.1, 0.15) is 19.4 Å². The first-order valence-corrected chi connectivity index (χ1v) is 7.23. The predicted molar refractivity (Wildman–Crippen MR) is 84.9 cm³/mol. The molecule has 0 spiro atoms. The zero-order valence-corrected chi connectivity index (χ0v) is 12.6. The minimum absolute atomic E-state index is 0.163. The molecule has 22 heavy (non-hydrogen) atoms. The van der Waals surface area contributed by atoms with Crippen LogP contribution < -0.4 is 4.74 Å². The number of fused-ring (bicyclic) bond motifs is 1. The fraction of sp³-hybridized carbons (Fsp3) is 0.235. The summed E-state index contributed by atoms with van der Waals surface area (Å²) in [5.41, 5.74) is 3.76. The third-order valence-corrected chi connectivity index (χ3v) is 3.40. The van der Waals surface area contributed by atoms with Gasteiger partial charge in [0, 0.05) is 18.2 Å². The number of aromatic nitrogens is 3. The Labute approximate surface area is 128 Å². The number of carbonyl (C=O) groups excluding carboxylic acids is 1. The van der Waals surface area contributed by atoms with Gasteiger partial charge in [0.15, 0.2) is 5.65 Å². The van der Waals surface area contributed by atoms with E-state index in [1.165, 1.54) is 0 Å². The summed E-state index contributed by atoms with van der Waals surface area (Å²) in [6.45, 7) is 4.08. The van der Waals surface area contributed by atoms with Crippen molar-refractivity contribution in [1.82, 2.24) is 15.2 Å². The van der Waals surface area contributed by atoms with Crippen LogP contribution in [0.25, 0.3) is 22.2 Å². The van der Waals surface area contributed by atoms with E-state index in [9.17, 15) is 4.79 Å². The van der Waals surface area contributed by atoms with Crippen molar-refractivity contribution in [1.29, 1.82) is 0 Å². The second kappa shape index (κ2) is 5.97. The van der Waals surface area contributed by atoms with Gasteiger partial charge in [0.25, 0.3) is 0 Å². The predicted octanol–water partition coefficient (Wildman–Crippen LogP) is 3.16. The average molecular weight is 295 g/mol. The van der Waals surface area contributed by atoms with Crippen LogP contribution in [0, 0.1) is 0 Å². The number of H-pyrrole nitrogens is 1. The molecular weight excluding hydrogens is 278 g/mol. The molecular formula is C17H17N3O2. The van der Waals surface area contributed by atoms with E-state index >= 15 is 0 Å². The summed E-state index contributed by atoms with van der Waals surface area (Å²) in [5, 5.41) is 7.85. The number of hydrogen-bond donors (Lipinski definition) is 1. The first-order valence-electron chi connectivity index (χ1n) is 7.23. The number of nitrogens with one attached hydrogen (secondary N) is 1. The van der Waals surface area contributed by atoms with Crippen molar-refractivity contribution in [2.45, 2.75) is 20.3 Å². The topological polar surface area (TPSA) is 67.9 Å². The van der Waals surface area contributed by atoms with Gasteiger partial charge in [-0.1, -0.05) is 24.3 Å². The molecule has 0 amide bonds. The first kappa shape index (κ1) is 14.3. The molecule has 0 unspecified atom stereocenters. The van der Waals surface area contributed by atoms with Crippen LogP contribution in [-0.2, 0) is 11.2 Å². The third kappa shape index (κ3) is 2.83. The van der Waals surface area contributed by atoms with E-state index in [0.717, 1.165) is 22.1 Å². The minimum Gasteiger partial charge on any atom is -0.476 e. The maximum Gasteiger partial charge on any atom is 0.242 e. The van der Waals surface area contributed by atoms with Gasteiger partial charge in [-0.25, -0.2) is 4.98 Å². The van der Waals surface area contributed by atoms with E-state index in [4.69, 9.17) is 4.74 Å². The SMILES string of the molecule is CCOc1n[nH]c2ncc(-c3ccc(CC(C)=O)cc3)cc12. The van der Waals surface area contributed by atoms with Crippen LogP contribution in [-0.4, -0.2) is 27.6 Å². The number of Topliss-reactive ketones (excluding diaryl/α,β-unsaturated/α-hetero) is 1. The Bertz CT molecular complexity index is 806. The van der Waals surface area contributed by atoms with E-state index in [1.807, 2.05) is 37.3 Å². The Hall–Kier alpha value is -2.69. The second-order valence-corrected chi connectivity index (χ2v) is 5.16. The lowest BCUT2D eigenvalue weighted by Crippen LogP contribution is -1.95. The largest absolute Gasteiger partial charge is 0.476 e. The lowest BCUT2D eigenvalue weighted by Gasteiger charge is -2.04. The minimum atomic E-state index is 0.163. The van der Waals surface area contributed by atoms with E-state index < -0.39 is 0 Å². The molecule has 1 aromatic carbocycles. The summed E-state index contributed by atoms with van der Waals surface area (Å²) in [6.07, 6.45) is 2.27. The van der Waals surface area contributed by atoms with Crippen LogP contribution in [0.5, 0.6) is 5.88 Å². The van der Waals surface area contributed by atoms with Gasteiger partial charge in [-0.15, -0.1) is 5.10 Å². The lowest BCUT2D eigenvalue weighted by molar-refractivity contribution is -0.116. The van der Waals surface area contributed by atoms with Crippen LogP contribution in [0.2, 0.25) is 0 Å². The molecule has 0 bridgehead atoms. The molecule has 0 aliphatic heterocycles. The van der Waals surface area contributed by atoms with Gasteiger partial charge in [-0.05, 0) is 31.0 Å². The van der Waals surface area contributed by atoms with Crippen molar-refractivity contribution < 1.29 is 9.53 Å². The Morgan fingerprint density at radius 1 is 1.23 bits per heavy atom. The molecule has 0 saturated heterocycles. The normalized spacial score (nSPS) is 10.8. The Kier molecular flexibility index (Phi) is 3.87. The van der Waals surface area contributed by atoms with E-state index in [2.05, 4.69) is 15.2 Å². The quantitative estimate of drug-likeness (QED) is 0.785. The van der Waals surface area contributed by atoms with Crippen LogP contribution in [0.4, 0.5) is 0 Å². The molecule has 0 saturated carbocycles. The van der Waals surface area contributed by atoms with Gasteiger partial charge in [-0.2, -0.15) is 0 Å². The summed E-state index contributed by atoms with van der Waals surface area (Å²) in [6, 6.07) is 9.96. The number of rotatable bonds is 5. The maximum atomic E-state index is 11.1. The zero-order valence-electron chi connectivity index (χ0n) is 12.6. The van der Waals surface area contributed by atoms with Gasteiger partial charge in [0.1, 0.15) is 5.78 Å². The summed E-state index contributed by atoms with van der Waals surface area (Å²) in [7, 11) is 0. The highest BCUT2D eigenvalue weighted by Crippen LogP contribution is 2.27. The average Bonchev–Trinajstić information content (AvgIpc) is 2.90. The molecule has 2 heterocycles. The number of aromatic amines is 1. The molecule has 0 radical (unpaired) electrons. The summed E-state index contributed by atoms with van der Waals surface area (Å²) < 4.78 is 5.49. The van der Waals surface area contributed by atoms with Crippen molar-refractivity contribution >= 4 is 16.8 Å². The maximum absolute atomic E-state index is 11.1. The molecule has 112 valence electrons. The molecule has 0 atom stereocenters. The lowest BCUT2D eigenvalue weighted by atomic mass is 10.0. The summed E-state index contributed by atoms with van der Waals surface area (Å²) in [4.78, 5) is 15.5. The number of benzene rings is 1. The van der Waals surface area contributed by atoms with Crippen LogP contribution >= 0.6 is 0 Å². The van der Waals surface area contributed by atoms with Gasteiger partial charge in [-0.3, -0.25) is 9.89 Å². The number of nitrogens with zero attached hydrogens (tertiary/aromatic N) is 2. The molecule has 3 rings (SSSR count). The molecule has 5 heteroatoms.